The van der Waals surface area contributed by atoms with Crippen LogP contribution in [0, 0.1) is 5.92 Å². The van der Waals surface area contributed by atoms with E-state index in [1.165, 1.54) is 0 Å². The number of hydrogen-bond donors (Lipinski definition) is 1. The minimum Gasteiger partial charge on any atom is -0.308 e. The van der Waals surface area contributed by atoms with Gasteiger partial charge in [0.05, 0.1) is 6.04 Å². The molecular formula is C8H17NO. The Morgan fingerprint density at radius 2 is 1.90 bits per heavy atom. The number of carbonyl (C=O) groups is 1. The third kappa shape index (κ3) is 2.97. The lowest BCUT2D eigenvalue weighted by Gasteiger charge is -2.12. The first-order chi connectivity index (χ1) is 4.59. The van der Waals surface area contributed by atoms with Crippen molar-refractivity contribution in [3.8, 4) is 0 Å². The van der Waals surface area contributed by atoms with Gasteiger partial charge in [0.15, 0.2) is 5.78 Å². The second kappa shape index (κ2) is 4.45. The molecule has 2 nitrogen and oxygen atoms in total. The molecule has 0 spiro atoms. The van der Waals surface area contributed by atoms with Gasteiger partial charge in [-0.15, -0.1) is 0 Å². The molecule has 0 aliphatic heterocycles. The molecule has 0 radical (unpaired) electrons. The Hall–Kier alpha value is -0.370. The van der Waals surface area contributed by atoms with E-state index in [1.54, 1.807) is 0 Å². The lowest BCUT2D eigenvalue weighted by atomic mass is 10.0. The molecule has 0 aliphatic carbocycles. The predicted molar refractivity (Wildman–Crippen MR) is 43.0 cm³/mol. The fourth-order valence-electron chi connectivity index (χ4n) is 0.907. The fraction of sp³-hybridized carbons (Fsp3) is 0.875. The van der Waals surface area contributed by atoms with Crippen molar-refractivity contribution in [1.29, 1.82) is 0 Å². The first-order valence-corrected chi connectivity index (χ1v) is 3.86. The van der Waals surface area contributed by atoms with E-state index < -0.39 is 0 Å². The van der Waals surface area contributed by atoms with Crippen LogP contribution in [0.1, 0.15) is 27.7 Å². The highest BCUT2D eigenvalue weighted by Crippen LogP contribution is 1.98. The minimum absolute atomic E-state index is 0.0185. The van der Waals surface area contributed by atoms with Crippen molar-refractivity contribution >= 4 is 5.78 Å². The summed E-state index contributed by atoms with van der Waals surface area (Å²) >= 11 is 0. The zero-order valence-corrected chi connectivity index (χ0v) is 7.27. The van der Waals surface area contributed by atoms with Gasteiger partial charge in [-0.05, 0) is 13.5 Å². The summed E-state index contributed by atoms with van der Waals surface area (Å²) in [5.74, 6) is 0.441. The highest BCUT2D eigenvalue weighted by molar-refractivity contribution is 5.85. The van der Waals surface area contributed by atoms with Crippen molar-refractivity contribution in [3.05, 3.63) is 0 Å². The standard InChI is InChI=1S/C8H17NO/c1-5-9-7(4)8(10)6(2)3/h6-7,9H,5H2,1-4H3/t7-/m1/s1. The minimum atomic E-state index is 0.0185. The van der Waals surface area contributed by atoms with E-state index >= 15 is 0 Å². The summed E-state index contributed by atoms with van der Waals surface area (Å²) in [4.78, 5) is 11.2. The molecule has 0 aliphatic rings. The molecule has 0 fully saturated rings. The average molecular weight is 143 g/mol. The van der Waals surface area contributed by atoms with Gasteiger partial charge in [0.2, 0.25) is 0 Å². The van der Waals surface area contributed by atoms with Gasteiger partial charge < -0.3 is 5.32 Å². The first-order valence-electron chi connectivity index (χ1n) is 3.86. The van der Waals surface area contributed by atoms with Crippen molar-refractivity contribution in [2.75, 3.05) is 6.54 Å². The molecule has 0 aromatic carbocycles. The molecule has 60 valence electrons. The van der Waals surface area contributed by atoms with Crippen LogP contribution >= 0.6 is 0 Å². The smallest absolute Gasteiger partial charge is 0.151 e. The van der Waals surface area contributed by atoms with Gasteiger partial charge >= 0.3 is 0 Å². The highest BCUT2D eigenvalue weighted by atomic mass is 16.1. The Morgan fingerprint density at radius 1 is 1.40 bits per heavy atom. The highest BCUT2D eigenvalue weighted by Gasteiger charge is 2.13. The summed E-state index contributed by atoms with van der Waals surface area (Å²) in [6, 6.07) is 0.0185. The number of nitrogens with one attached hydrogen (secondary N) is 1. The molecule has 0 bridgehead atoms. The quantitative estimate of drug-likeness (QED) is 0.641. The summed E-state index contributed by atoms with van der Waals surface area (Å²) in [6.45, 7) is 8.63. The molecule has 0 saturated carbocycles. The van der Waals surface area contributed by atoms with Gasteiger partial charge in [-0.2, -0.15) is 0 Å². The molecule has 0 aromatic heterocycles. The summed E-state index contributed by atoms with van der Waals surface area (Å²) < 4.78 is 0. The van der Waals surface area contributed by atoms with E-state index in [0.717, 1.165) is 6.54 Å². The molecule has 0 amide bonds. The summed E-state index contributed by atoms with van der Waals surface area (Å²) in [7, 11) is 0. The molecule has 0 rings (SSSR count). The Balaban J connectivity index is 3.71. The van der Waals surface area contributed by atoms with E-state index in [-0.39, 0.29) is 12.0 Å². The number of Topliss-reactive ketones (excluding diaryl/α,β-unsaturated/α-hetero) is 1. The number of carbonyl (C=O) groups excluding carboxylic acids is 1. The Morgan fingerprint density at radius 3 is 2.20 bits per heavy atom. The molecule has 0 unspecified atom stereocenters. The maximum atomic E-state index is 11.2. The third-order valence-corrected chi connectivity index (χ3v) is 1.51. The predicted octanol–water partition coefficient (Wildman–Crippen LogP) is 1.21. The molecule has 2 heteroatoms. The molecule has 0 aromatic rings. The van der Waals surface area contributed by atoms with E-state index in [9.17, 15) is 4.79 Å². The molecule has 10 heavy (non-hydrogen) atoms. The third-order valence-electron chi connectivity index (χ3n) is 1.51. The Bertz CT molecular complexity index is 110. The topological polar surface area (TPSA) is 29.1 Å². The van der Waals surface area contributed by atoms with Crippen LogP contribution in [-0.2, 0) is 4.79 Å². The number of hydrogen-bond acceptors (Lipinski definition) is 2. The van der Waals surface area contributed by atoms with Gasteiger partial charge in [0, 0.05) is 5.92 Å². The number of rotatable bonds is 4. The van der Waals surface area contributed by atoms with Crippen LogP contribution in [0.3, 0.4) is 0 Å². The van der Waals surface area contributed by atoms with Gasteiger partial charge in [0.1, 0.15) is 0 Å². The maximum Gasteiger partial charge on any atom is 0.151 e. The normalized spacial score (nSPS) is 13.7. The van der Waals surface area contributed by atoms with Crippen LogP contribution < -0.4 is 5.32 Å². The summed E-state index contributed by atoms with van der Waals surface area (Å²) in [6.07, 6.45) is 0. The molecular weight excluding hydrogens is 126 g/mol. The molecule has 1 atom stereocenters. The van der Waals surface area contributed by atoms with E-state index in [2.05, 4.69) is 5.32 Å². The van der Waals surface area contributed by atoms with Crippen LogP contribution in [-0.4, -0.2) is 18.4 Å². The fourth-order valence-corrected chi connectivity index (χ4v) is 0.907. The zero-order valence-electron chi connectivity index (χ0n) is 7.27. The van der Waals surface area contributed by atoms with Gasteiger partial charge in [-0.25, -0.2) is 0 Å². The second-order valence-electron chi connectivity index (χ2n) is 2.84. The van der Waals surface area contributed by atoms with Crippen molar-refractivity contribution in [2.45, 2.75) is 33.7 Å². The average Bonchev–Trinajstić information content (AvgIpc) is 1.87. The van der Waals surface area contributed by atoms with Crippen molar-refractivity contribution in [1.82, 2.24) is 5.32 Å². The number of likely N-dealkylation sites (N-methyl/N-ethyl adjacent to an activating group) is 1. The Kier molecular flexibility index (Phi) is 4.28. The molecule has 0 heterocycles. The second-order valence-corrected chi connectivity index (χ2v) is 2.84. The van der Waals surface area contributed by atoms with E-state index in [1.807, 2.05) is 27.7 Å². The van der Waals surface area contributed by atoms with Crippen LogP contribution in [0.2, 0.25) is 0 Å². The Labute approximate surface area is 63.0 Å². The van der Waals surface area contributed by atoms with E-state index in [0.29, 0.717) is 5.78 Å². The van der Waals surface area contributed by atoms with Crippen molar-refractivity contribution in [3.63, 3.8) is 0 Å². The summed E-state index contributed by atoms with van der Waals surface area (Å²) in [5.41, 5.74) is 0. The zero-order chi connectivity index (χ0) is 8.15. The van der Waals surface area contributed by atoms with Crippen LogP contribution in [0.4, 0.5) is 0 Å². The SMILES string of the molecule is CCN[C@H](C)C(=O)C(C)C. The van der Waals surface area contributed by atoms with Crippen LogP contribution in [0.15, 0.2) is 0 Å². The van der Waals surface area contributed by atoms with Crippen molar-refractivity contribution in [2.24, 2.45) is 5.92 Å². The van der Waals surface area contributed by atoms with E-state index in [4.69, 9.17) is 0 Å². The molecule has 1 N–H and O–H groups in total. The monoisotopic (exact) mass is 143 g/mol. The van der Waals surface area contributed by atoms with Gasteiger partial charge in [-0.3, -0.25) is 4.79 Å². The molecule has 0 saturated heterocycles. The van der Waals surface area contributed by atoms with Gasteiger partial charge in [-0.1, -0.05) is 20.8 Å². The van der Waals surface area contributed by atoms with Crippen LogP contribution in [0.25, 0.3) is 0 Å². The number of ketones is 1. The lowest BCUT2D eigenvalue weighted by molar-refractivity contribution is -0.123. The first kappa shape index (κ1) is 9.63. The van der Waals surface area contributed by atoms with Crippen LogP contribution in [0.5, 0.6) is 0 Å². The van der Waals surface area contributed by atoms with Crippen molar-refractivity contribution < 1.29 is 4.79 Å². The lowest BCUT2D eigenvalue weighted by Crippen LogP contribution is -2.36. The largest absolute Gasteiger partial charge is 0.308 e. The van der Waals surface area contributed by atoms with Gasteiger partial charge in [0.25, 0.3) is 0 Å². The maximum absolute atomic E-state index is 11.2. The summed E-state index contributed by atoms with van der Waals surface area (Å²) in [5, 5.41) is 3.08.